The molecular formula is C10H8BrNO. The van der Waals surface area contributed by atoms with E-state index in [1.54, 1.807) is 0 Å². The first kappa shape index (κ1) is 8.74. The molecule has 1 aliphatic rings. The van der Waals surface area contributed by atoms with E-state index in [2.05, 4.69) is 22.0 Å². The molecule has 1 aromatic rings. The van der Waals surface area contributed by atoms with E-state index in [4.69, 9.17) is 10.00 Å². The van der Waals surface area contributed by atoms with E-state index < -0.39 is 0 Å². The molecule has 0 saturated heterocycles. The van der Waals surface area contributed by atoms with Crippen LogP contribution in [0.4, 0.5) is 0 Å². The highest BCUT2D eigenvalue weighted by molar-refractivity contribution is 9.10. The Hall–Kier alpha value is -0.850. The minimum absolute atomic E-state index is 0.471. The summed E-state index contributed by atoms with van der Waals surface area (Å²) < 4.78 is 6.43. The third-order valence-corrected chi connectivity index (χ3v) is 2.98. The summed E-state index contributed by atoms with van der Waals surface area (Å²) in [5.41, 5.74) is 3.49. The average Bonchev–Trinajstić information content (AvgIpc) is 2.59. The molecular weight excluding hydrogens is 230 g/mol. The molecule has 1 aliphatic heterocycles. The molecule has 66 valence electrons. The molecule has 3 heteroatoms. The van der Waals surface area contributed by atoms with Crippen molar-refractivity contribution in [3.05, 3.63) is 33.3 Å². The lowest BCUT2D eigenvalue weighted by molar-refractivity contribution is 0.134. The molecule has 0 N–H and O–H groups in total. The second-order valence-electron chi connectivity index (χ2n) is 2.99. The van der Waals surface area contributed by atoms with Gasteiger partial charge in [-0.25, -0.2) is 0 Å². The van der Waals surface area contributed by atoms with Crippen molar-refractivity contribution in [1.82, 2.24) is 0 Å². The number of ether oxygens (including phenoxy) is 1. The van der Waals surface area contributed by atoms with Gasteiger partial charge in [0.25, 0.3) is 0 Å². The maximum atomic E-state index is 8.62. The summed E-state index contributed by atoms with van der Waals surface area (Å²) in [6.07, 6.45) is 0.471. The maximum Gasteiger partial charge on any atom is 0.0736 e. The Morgan fingerprint density at radius 2 is 2.15 bits per heavy atom. The van der Waals surface area contributed by atoms with Crippen molar-refractivity contribution in [3.8, 4) is 6.07 Å². The molecule has 0 aliphatic carbocycles. The van der Waals surface area contributed by atoms with E-state index in [9.17, 15) is 0 Å². The molecule has 2 nitrogen and oxygen atoms in total. The number of hydrogen-bond donors (Lipinski definition) is 0. The van der Waals surface area contributed by atoms with Crippen LogP contribution in [-0.4, -0.2) is 0 Å². The van der Waals surface area contributed by atoms with Gasteiger partial charge in [0.2, 0.25) is 0 Å². The number of nitriles is 1. The van der Waals surface area contributed by atoms with Gasteiger partial charge in [0.15, 0.2) is 0 Å². The first-order valence-corrected chi connectivity index (χ1v) is 4.86. The molecule has 0 saturated carbocycles. The molecule has 0 amide bonds. The molecule has 0 unspecified atom stereocenters. The average molecular weight is 238 g/mol. The third-order valence-electron chi connectivity index (χ3n) is 2.23. The van der Waals surface area contributed by atoms with E-state index >= 15 is 0 Å². The van der Waals surface area contributed by atoms with Crippen LogP contribution in [0.1, 0.15) is 16.7 Å². The highest BCUT2D eigenvalue weighted by Gasteiger charge is 2.17. The van der Waals surface area contributed by atoms with Gasteiger partial charge in [0.1, 0.15) is 0 Å². The zero-order valence-corrected chi connectivity index (χ0v) is 8.60. The number of rotatable bonds is 1. The highest BCUT2D eigenvalue weighted by Crippen LogP contribution is 2.30. The van der Waals surface area contributed by atoms with Crippen LogP contribution >= 0.6 is 15.9 Å². The molecule has 0 aromatic heterocycles. The molecule has 13 heavy (non-hydrogen) atoms. The fourth-order valence-corrected chi connectivity index (χ4v) is 2.04. The third kappa shape index (κ3) is 1.48. The smallest absolute Gasteiger partial charge is 0.0736 e. The van der Waals surface area contributed by atoms with E-state index in [-0.39, 0.29) is 0 Å². The zero-order valence-electron chi connectivity index (χ0n) is 7.01. The lowest BCUT2D eigenvalue weighted by atomic mass is 10.0. The van der Waals surface area contributed by atoms with Gasteiger partial charge in [0.05, 0.1) is 25.7 Å². The summed E-state index contributed by atoms with van der Waals surface area (Å²) in [5.74, 6) is 0. The van der Waals surface area contributed by atoms with Crippen LogP contribution in [0.25, 0.3) is 0 Å². The summed E-state index contributed by atoms with van der Waals surface area (Å²) in [4.78, 5) is 0. The molecule has 1 aromatic carbocycles. The highest BCUT2D eigenvalue weighted by atomic mass is 79.9. The van der Waals surface area contributed by atoms with Crippen LogP contribution in [0.15, 0.2) is 16.6 Å². The van der Waals surface area contributed by atoms with Gasteiger partial charge < -0.3 is 4.74 Å². The summed E-state index contributed by atoms with van der Waals surface area (Å²) in [6.45, 7) is 1.31. The molecule has 0 bridgehead atoms. The number of nitrogens with zero attached hydrogens (tertiary/aromatic N) is 1. The minimum atomic E-state index is 0.471. The molecule has 2 rings (SSSR count). The number of benzene rings is 1. The van der Waals surface area contributed by atoms with E-state index in [1.165, 1.54) is 11.1 Å². The predicted octanol–water partition coefficient (Wildman–Crippen LogP) is 2.55. The largest absolute Gasteiger partial charge is 0.372 e. The Morgan fingerprint density at radius 3 is 2.92 bits per heavy atom. The van der Waals surface area contributed by atoms with Crippen molar-refractivity contribution in [2.24, 2.45) is 0 Å². The fraction of sp³-hybridized carbons (Fsp3) is 0.300. The van der Waals surface area contributed by atoms with Crippen molar-refractivity contribution in [1.29, 1.82) is 5.26 Å². The van der Waals surface area contributed by atoms with Crippen LogP contribution in [0.3, 0.4) is 0 Å². The van der Waals surface area contributed by atoms with Crippen LogP contribution < -0.4 is 0 Å². The second-order valence-corrected chi connectivity index (χ2v) is 3.85. The molecule has 0 spiro atoms. The van der Waals surface area contributed by atoms with Gasteiger partial charge in [-0.05, 0) is 22.8 Å². The summed E-state index contributed by atoms with van der Waals surface area (Å²) >= 11 is 3.47. The molecule has 0 atom stereocenters. The SMILES string of the molecule is N#CCc1ccc(Br)c2c1COC2. The van der Waals surface area contributed by atoms with E-state index in [1.807, 2.05) is 12.1 Å². The van der Waals surface area contributed by atoms with Crippen LogP contribution in [0.5, 0.6) is 0 Å². The topological polar surface area (TPSA) is 33.0 Å². The fourth-order valence-electron chi connectivity index (χ4n) is 1.55. The van der Waals surface area contributed by atoms with Gasteiger partial charge >= 0.3 is 0 Å². The Bertz CT molecular complexity index is 381. The quantitative estimate of drug-likeness (QED) is 0.753. The number of hydrogen-bond acceptors (Lipinski definition) is 2. The lowest BCUT2D eigenvalue weighted by Gasteiger charge is -2.04. The maximum absolute atomic E-state index is 8.62. The van der Waals surface area contributed by atoms with Gasteiger partial charge in [-0.1, -0.05) is 22.0 Å². The Morgan fingerprint density at radius 1 is 1.38 bits per heavy atom. The van der Waals surface area contributed by atoms with Crippen molar-refractivity contribution in [2.75, 3.05) is 0 Å². The number of fused-ring (bicyclic) bond motifs is 1. The van der Waals surface area contributed by atoms with Crippen LogP contribution in [0.2, 0.25) is 0 Å². The predicted molar refractivity (Wildman–Crippen MR) is 52.0 cm³/mol. The van der Waals surface area contributed by atoms with Gasteiger partial charge in [-0.15, -0.1) is 0 Å². The van der Waals surface area contributed by atoms with Crippen LogP contribution in [-0.2, 0) is 24.4 Å². The monoisotopic (exact) mass is 237 g/mol. The Labute approximate surface area is 85.3 Å². The molecule has 1 heterocycles. The molecule has 0 radical (unpaired) electrons. The zero-order chi connectivity index (χ0) is 9.26. The van der Waals surface area contributed by atoms with Gasteiger partial charge in [-0.3, -0.25) is 0 Å². The minimum Gasteiger partial charge on any atom is -0.372 e. The van der Waals surface area contributed by atoms with Crippen molar-refractivity contribution < 1.29 is 4.74 Å². The number of halogens is 1. The summed E-state index contributed by atoms with van der Waals surface area (Å²) in [7, 11) is 0. The summed E-state index contributed by atoms with van der Waals surface area (Å²) in [6, 6.07) is 6.14. The van der Waals surface area contributed by atoms with Crippen molar-refractivity contribution >= 4 is 15.9 Å². The summed E-state index contributed by atoms with van der Waals surface area (Å²) in [5, 5.41) is 8.62. The lowest BCUT2D eigenvalue weighted by Crippen LogP contribution is -1.92. The van der Waals surface area contributed by atoms with Crippen molar-refractivity contribution in [2.45, 2.75) is 19.6 Å². The molecule has 0 fully saturated rings. The van der Waals surface area contributed by atoms with E-state index in [0.717, 1.165) is 10.0 Å². The van der Waals surface area contributed by atoms with Gasteiger partial charge in [0, 0.05) is 4.47 Å². The normalized spacial score (nSPS) is 13.8. The Balaban J connectivity index is 2.51. The second kappa shape index (κ2) is 3.49. The van der Waals surface area contributed by atoms with Gasteiger partial charge in [-0.2, -0.15) is 5.26 Å². The van der Waals surface area contributed by atoms with Crippen molar-refractivity contribution in [3.63, 3.8) is 0 Å². The standard InChI is InChI=1S/C10H8BrNO/c11-10-2-1-7(3-4-12)8-5-13-6-9(8)10/h1-2H,3,5-6H2. The van der Waals surface area contributed by atoms with Crippen LogP contribution in [0, 0.1) is 11.3 Å². The first-order valence-electron chi connectivity index (χ1n) is 4.06. The van der Waals surface area contributed by atoms with E-state index in [0.29, 0.717) is 19.6 Å². The first-order chi connectivity index (χ1) is 6.33. The Kier molecular flexibility index (Phi) is 2.34.